The van der Waals surface area contributed by atoms with Crippen LogP contribution < -0.4 is 15.6 Å². The first kappa shape index (κ1) is 21.2. The van der Waals surface area contributed by atoms with E-state index in [0.717, 1.165) is 17.3 Å². The zero-order chi connectivity index (χ0) is 20.8. The van der Waals surface area contributed by atoms with Crippen molar-refractivity contribution in [2.24, 2.45) is 0 Å². The van der Waals surface area contributed by atoms with Crippen LogP contribution in [0, 0.1) is 0 Å². The van der Waals surface area contributed by atoms with Crippen LogP contribution in [0.5, 0.6) is 5.75 Å². The molecule has 0 unspecified atom stereocenters. The first-order valence-electron chi connectivity index (χ1n) is 8.41. The van der Waals surface area contributed by atoms with Crippen LogP contribution in [-0.2, 0) is 11.2 Å². The largest absolute Gasteiger partial charge is 0.495 e. The molecule has 0 radical (unpaired) electrons. The van der Waals surface area contributed by atoms with E-state index in [2.05, 4.69) is 20.5 Å². The minimum Gasteiger partial charge on any atom is -0.495 e. The molecule has 1 heterocycles. The molecule has 2 N–H and O–H groups in total. The van der Waals surface area contributed by atoms with Crippen LogP contribution in [0.3, 0.4) is 0 Å². The second-order valence-electron chi connectivity index (χ2n) is 5.89. The Hall–Kier alpha value is -2.55. The number of nitrogens with one attached hydrogen (secondary N) is 2. The summed E-state index contributed by atoms with van der Waals surface area (Å²) in [5, 5.41) is 12.0. The third-order valence-corrected chi connectivity index (χ3v) is 5.16. The average molecular weight is 451 g/mol. The molecule has 0 spiro atoms. The number of hydrogen-bond acceptors (Lipinski definition) is 6. The molecule has 0 aliphatic carbocycles. The molecule has 3 aromatic rings. The second-order valence-corrected chi connectivity index (χ2v) is 7.73. The summed E-state index contributed by atoms with van der Waals surface area (Å²) >= 11 is 12.9. The van der Waals surface area contributed by atoms with Crippen molar-refractivity contribution in [3.8, 4) is 5.75 Å². The van der Waals surface area contributed by atoms with Crippen molar-refractivity contribution >= 4 is 46.6 Å². The number of amides is 1. The minimum absolute atomic E-state index is 0.0246. The number of rotatable bonds is 7. The average Bonchev–Trinajstić information content (AvgIpc) is 2.70. The van der Waals surface area contributed by atoms with Gasteiger partial charge < -0.3 is 10.1 Å². The SMILES string of the molecule is COc1ccc(Cl)cc1NC(=O)CSc1nnc(Cc2ccc(Cl)cc2)c(=O)[nH]1. The summed E-state index contributed by atoms with van der Waals surface area (Å²) < 4.78 is 5.19. The maximum atomic E-state index is 12.2. The zero-order valence-corrected chi connectivity index (χ0v) is 17.6. The molecule has 0 saturated heterocycles. The van der Waals surface area contributed by atoms with Gasteiger partial charge in [0.25, 0.3) is 5.56 Å². The van der Waals surface area contributed by atoms with Crippen molar-refractivity contribution in [2.75, 3.05) is 18.2 Å². The zero-order valence-electron chi connectivity index (χ0n) is 15.2. The second kappa shape index (κ2) is 9.78. The van der Waals surface area contributed by atoms with Gasteiger partial charge in [-0.2, -0.15) is 0 Å². The number of methoxy groups -OCH3 is 1. The van der Waals surface area contributed by atoms with Gasteiger partial charge >= 0.3 is 0 Å². The highest BCUT2D eigenvalue weighted by Gasteiger charge is 2.11. The fourth-order valence-corrected chi connectivity index (χ4v) is 3.32. The van der Waals surface area contributed by atoms with Crippen LogP contribution in [0.25, 0.3) is 0 Å². The Morgan fingerprint density at radius 3 is 2.55 bits per heavy atom. The maximum Gasteiger partial charge on any atom is 0.273 e. The summed E-state index contributed by atoms with van der Waals surface area (Å²) in [5.74, 6) is 0.215. The number of anilines is 1. The maximum absolute atomic E-state index is 12.2. The third kappa shape index (κ3) is 5.96. The van der Waals surface area contributed by atoms with Gasteiger partial charge in [-0.3, -0.25) is 14.6 Å². The molecule has 150 valence electrons. The van der Waals surface area contributed by atoms with Gasteiger partial charge in [-0.05, 0) is 35.9 Å². The van der Waals surface area contributed by atoms with Gasteiger partial charge in [-0.15, -0.1) is 10.2 Å². The van der Waals surface area contributed by atoms with Gasteiger partial charge in [0.15, 0.2) is 5.16 Å². The van der Waals surface area contributed by atoms with Crippen molar-refractivity contribution in [3.63, 3.8) is 0 Å². The molecular weight excluding hydrogens is 435 g/mol. The Bertz CT molecular complexity index is 1070. The van der Waals surface area contributed by atoms with E-state index in [-0.39, 0.29) is 28.1 Å². The van der Waals surface area contributed by atoms with Crippen LogP contribution in [0.15, 0.2) is 52.4 Å². The number of ether oxygens (including phenoxy) is 1. The molecule has 1 aromatic heterocycles. The normalized spacial score (nSPS) is 10.6. The van der Waals surface area contributed by atoms with Gasteiger partial charge in [-0.25, -0.2) is 0 Å². The van der Waals surface area contributed by atoms with Gasteiger partial charge in [0, 0.05) is 16.5 Å². The van der Waals surface area contributed by atoms with Crippen LogP contribution in [0.1, 0.15) is 11.3 Å². The lowest BCUT2D eigenvalue weighted by molar-refractivity contribution is -0.113. The predicted molar refractivity (Wildman–Crippen MR) is 114 cm³/mol. The van der Waals surface area contributed by atoms with Crippen molar-refractivity contribution in [1.29, 1.82) is 0 Å². The summed E-state index contributed by atoms with van der Waals surface area (Å²) in [6.07, 6.45) is 0.333. The van der Waals surface area contributed by atoms with E-state index in [0.29, 0.717) is 27.9 Å². The molecule has 3 rings (SSSR count). The molecule has 0 bridgehead atoms. The van der Waals surface area contributed by atoms with Crippen LogP contribution in [-0.4, -0.2) is 34.0 Å². The number of hydrogen-bond donors (Lipinski definition) is 2. The highest BCUT2D eigenvalue weighted by Crippen LogP contribution is 2.27. The van der Waals surface area contributed by atoms with E-state index in [9.17, 15) is 9.59 Å². The molecule has 0 saturated carbocycles. The Morgan fingerprint density at radius 1 is 1.14 bits per heavy atom. The van der Waals surface area contributed by atoms with Gasteiger partial charge in [0.1, 0.15) is 11.4 Å². The van der Waals surface area contributed by atoms with E-state index >= 15 is 0 Å². The Labute approximate surface area is 180 Å². The molecule has 0 aliphatic rings. The molecule has 2 aromatic carbocycles. The van der Waals surface area contributed by atoms with E-state index in [4.69, 9.17) is 27.9 Å². The molecule has 10 heteroatoms. The van der Waals surface area contributed by atoms with E-state index in [1.807, 2.05) is 12.1 Å². The first-order chi connectivity index (χ1) is 13.9. The number of halogens is 2. The van der Waals surface area contributed by atoms with E-state index in [1.165, 1.54) is 7.11 Å². The van der Waals surface area contributed by atoms with Gasteiger partial charge in [0.05, 0.1) is 18.6 Å². The van der Waals surface area contributed by atoms with Crippen LogP contribution >= 0.6 is 35.0 Å². The predicted octanol–water partition coefficient (Wildman–Crippen LogP) is 3.80. The highest BCUT2D eigenvalue weighted by molar-refractivity contribution is 7.99. The lowest BCUT2D eigenvalue weighted by atomic mass is 10.1. The van der Waals surface area contributed by atoms with Crippen molar-refractivity contribution in [1.82, 2.24) is 15.2 Å². The summed E-state index contributed by atoms with van der Waals surface area (Å²) in [4.78, 5) is 27.1. The fraction of sp³-hybridized carbons (Fsp3) is 0.158. The summed E-state index contributed by atoms with van der Waals surface area (Å²) in [7, 11) is 1.50. The van der Waals surface area contributed by atoms with Crippen molar-refractivity contribution < 1.29 is 9.53 Å². The summed E-state index contributed by atoms with van der Waals surface area (Å²) in [5.41, 5.74) is 1.28. The fourth-order valence-electron chi connectivity index (χ4n) is 2.42. The lowest BCUT2D eigenvalue weighted by Crippen LogP contribution is -2.19. The molecule has 0 aliphatic heterocycles. The molecule has 1 amide bonds. The number of aromatic amines is 1. The number of benzene rings is 2. The number of carbonyl (C=O) groups is 1. The van der Waals surface area contributed by atoms with Gasteiger partial charge in [0.2, 0.25) is 5.91 Å². The molecule has 0 fully saturated rings. The number of H-pyrrole nitrogens is 1. The smallest absolute Gasteiger partial charge is 0.273 e. The van der Waals surface area contributed by atoms with Crippen LogP contribution in [0.4, 0.5) is 5.69 Å². The first-order valence-corrected chi connectivity index (χ1v) is 10.2. The quantitative estimate of drug-likeness (QED) is 0.531. The van der Waals surface area contributed by atoms with Crippen LogP contribution in [0.2, 0.25) is 10.0 Å². The Kier molecular flexibility index (Phi) is 7.13. The van der Waals surface area contributed by atoms with Gasteiger partial charge in [-0.1, -0.05) is 47.1 Å². The number of carbonyl (C=O) groups excluding carboxylic acids is 1. The molecule has 0 atom stereocenters. The van der Waals surface area contributed by atoms with Crippen molar-refractivity contribution in [2.45, 2.75) is 11.6 Å². The third-order valence-electron chi connectivity index (χ3n) is 3.80. The molecule has 29 heavy (non-hydrogen) atoms. The standard InChI is InChI=1S/C19H16Cl2N4O3S/c1-28-16-7-6-13(21)9-14(16)22-17(26)10-29-19-23-18(27)15(24-25-19)8-11-2-4-12(20)5-3-11/h2-7,9H,8,10H2,1H3,(H,22,26)(H,23,25,27). The minimum atomic E-state index is -0.352. The lowest BCUT2D eigenvalue weighted by Gasteiger charge is -2.10. The summed E-state index contributed by atoms with van der Waals surface area (Å²) in [6, 6.07) is 12.0. The summed E-state index contributed by atoms with van der Waals surface area (Å²) in [6.45, 7) is 0. The van der Waals surface area contributed by atoms with E-state index < -0.39 is 0 Å². The molecular formula is C19H16Cl2N4O3S. The number of thioether (sulfide) groups is 1. The Balaban J connectivity index is 1.60. The Morgan fingerprint density at radius 2 is 1.86 bits per heavy atom. The highest BCUT2D eigenvalue weighted by atomic mass is 35.5. The van der Waals surface area contributed by atoms with E-state index in [1.54, 1.807) is 30.3 Å². The van der Waals surface area contributed by atoms with Crippen molar-refractivity contribution in [3.05, 3.63) is 74.1 Å². The number of aromatic nitrogens is 3. The number of nitrogens with zero attached hydrogens (tertiary/aromatic N) is 2. The molecule has 7 nitrogen and oxygen atoms in total. The topological polar surface area (TPSA) is 97.0 Å². The monoisotopic (exact) mass is 450 g/mol.